The second-order valence-corrected chi connectivity index (χ2v) is 6.12. The van der Waals surface area contributed by atoms with Gasteiger partial charge in [-0.2, -0.15) is 0 Å². The first-order chi connectivity index (χ1) is 11.3. The zero-order valence-corrected chi connectivity index (χ0v) is 14.7. The Kier molecular flexibility index (Phi) is 8.14. The lowest BCUT2D eigenvalue weighted by Gasteiger charge is -2.23. The molecule has 1 saturated heterocycles. The van der Waals surface area contributed by atoms with Crippen molar-refractivity contribution in [3.05, 3.63) is 29.8 Å². The molecule has 1 aromatic rings. The van der Waals surface area contributed by atoms with E-state index in [1.165, 1.54) is 12.1 Å². The van der Waals surface area contributed by atoms with E-state index in [-0.39, 0.29) is 0 Å². The van der Waals surface area contributed by atoms with Crippen LogP contribution in [0.2, 0.25) is 0 Å². The zero-order valence-electron chi connectivity index (χ0n) is 13.9. The molecular weight excluding hydrogens is 310 g/mol. The summed E-state index contributed by atoms with van der Waals surface area (Å²) in [6.45, 7) is 6.95. The average Bonchev–Trinajstić information content (AvgIpc) is 2.60. The SMILES string of the molecule is COc1ccccc1CCNC(=S)NCCC[NH+]1CCOCC1. The molecule has 0 radical (unpaired) electrons. The molecule has 5 nitrogen and oxygen atoms in total. The van der Waals surface area contributed by atoms with Crippen LogP contribution in [0.25, 0.3) is 0 Å². The van der Waals surface area contributed by atoms with Gasteiger partial charge in [0.05, 0.1) is 26.9 Å². The standard InChI is InChI=1S/C17H27N3O2S/c1-21-16-6-3-2-5-15(16)7-9-19-17(23)18-8-4-10-20-11-13-22-14-12-20/h2-3,5-6H,4,7-14H2,1H3,(H2,18,19,23)/p+1. The minimum Gasteiger partial charge on any atom is -0.496 e. The van der Waals surface area contributed by atoms with E-state index in [1.807, 2.05) is 18.2 Å². The van der Waals surface area contributed by atoms with Gasteiger partial charge in [0.2, 0.25) is 0 Å². The van der Waals surface area contributed by atoms with E-state index < -0.39 is 0 Å². The van der Waals surface area contributed by atoms with E-state index in [2.05, 4.69) is 16.7 Å². The third-order valence-electron chi connectivity index (χ3n) is 4.06. The number of thiocarbonyl (C=S) groups is 1. The molecule has 1 aliphatic heterocycles. The Labute approximate surface area is 144 Å². The van der Waals surface area contributed by atoms with Crippen molar-refractivity contribution in [2.45, 2.75) is 12.8 Å². The third kappa shape index (κ3) is 6.72. The highest BCUT2D eigenvalue weighted by Crippen LogP contribution is 2.17. The van der Waals surface area contributed by atoms with E-state index in [9.17, 15) is 0 Å². The molecule has 0 atom stereocenters. The smallest absolute Gasteiger partial charge is 0.166 e. The minimum atomic E-state index is 0.733. The van der Waals surface area contributed by atoms with Gasteiger partial charge in [-0.25, -0.2) is 0 Å². The van der Waals surface area contributed by atoms with Crippen molar-refractivity contribution >= 4 is 17.3 Å². The maximum absolute atomic E-state index is 5.37. The van der Waals surface area contributed by atoms with Crippen LogP contribution in [0.3, 0.4) is 0 Å². The molecule has 0 unspecified atom stereocenters. The van der Waals surface area contributed by atoms with Crippen LogP contribution in [0.4, 0.5) is 0 Å². The molecule has 0 bridgehead atoms. The molecule has 0 aliphatic carbocycles. The Morgan fingerprint density at radius 3 is 2.74 bits per heavy atom. The lowest BCUT2D eigenvalue weighted by Crippen LogP contribution is -3.14. The molecule has 128 valence electrons. The highest BCUT2D eigenvalue weighted by molar-refractivity contribution is 7.80. The van der Waals surface area contributed by atoms with Gasteiger partial charge in [0, 0.05) is 19.5 Å². The van der Waals surface area contributed by atoms with Crippen molar-refractivity contribution < 1.29 is 14.4 Å². The summed E-state index contributed by atoms with van der Waals surface area (Å²) in [5.41, 5.74) is 1.20. The van der Waals surface area contributed by atoms with Crippen LogP contribution in [0, 0.1) is 0 Å². The summed E-state index contributed by atoms with van der Waals surface area (Å²) < 4.78 is 10.7. The Morgan fingerprint density at radius 1 is 1.22 bits per heavy atom. The van der Waals surface area contributed by atoms with Gasteiger partial charge in [-0.3, -0.25) is 0 Å². The fraction of sp³-hybridized carbons (Fsp3) is 0.588. The van der Waals surface area contributed by atoms with Crippen LogP contribution >= 0.6 is 12.2 Å². The molecule has 3 N–H and O–H groups in total. The number of rotatable bonds is 8. The van der Waals surface area contributed by atoms with Crippen molar-refractivity contribution in [1.29, 1.82) is 0 Å². The largest absolute Gasteiger partial charge is 0.496 e. The zero-order chi connectivity index (χ0) is 16.3. The number of hydrogen-bond acceptors (Lipinski definition) is 3. The quantitative estimate of drug-likeness (QED) is 0.460. The van der Waals surface area contributed by atoms with Crippen molar-refractivity contribution in [3.8, 4) is 5.75 Å². The summed E-state index contributed by atoms with van der Waals surface area (Å²) in [7, 11) is 1.70. The second-order valence-electron chi connectivity index (χ2n) is 5.71. The first-order valence-electron chi connectivity index (χ1n) is 8.34. The van der Waals surface area contributed by atoms with Gasteiger partial charge in [0.25, 0.3) is 0 Å². The Morgan fingerprint density at radius 2 is 1.96 bits per heavy atom. The lowest BCUT2D eigenvalue weighted by molar-refractivity contribution is -0.908. The van der Waals surface area contributed by atoms with Gasteiger partial charge in [0.15, 0.2) is 5.11 Å². The summed E-state index contributed by atoms with van der Waals surface area (Å²) in [4.78, 5) is 1.63. The molecule has 0 saturated carbocycles. The van der Waals surface area contributed by atoms with Crippen molar-refractivity contribution in [1.82, 2.24) is 10.6 Å². The topological polar surface area (TPSA) is 47.0 Å². The summed E-state index contributed by atoms with van der Waals surface area (Å²) in [5.74, 6) is 0.932. The highest BCUT2D eigenvalue weighted by atomic mass is 32.1. The van der Waals surface area contributed by atoms with Crippen LogP contribution in [-0.2, 0) is 11.2 Å². The van der Waals surface area contributed by atoms with E-state index in [0.717, 1.165) is 63.1 Å². The molecule has 1 aromatic carbocycles. The van der Waals surface area contributed by atoms with E-state index in [1.54, 1.807) is 12.0 Å². The number of methoxy groups -OCH3 is 1. The number of benzene rings is 1. The molecule has 2 rings (SSSR count). The van der Waals surface area contributed by atoms with Gasteiger partial charge in [0.1, 0.15) is 18.8 Å². The molecular formula is C17H28N3O2S+. The second kappa shape index (κ2) is 10.4. The van der Waals surface area contributed by atoms with Gasteiger partial charge in [-0.05, 0) is 30.3 Å². The first-order valence-corrected chi connectivity index (χ1v) is 8.75. The highest BCUT2D eigenvalue weighted by Gasteiger charge is 2.12. The molecule has 0 aromatic heterocycles. The van der Waals surface area contributed by atoms with Gasteiger partial charge >= 0.3 is 0 Å². The van der Waals surface area contributed by atoms with Gasteiger partial charge in [-0.1, -0.05) is 18.2 Å². The number of hydrogen-bond donors (Lipinski definition) is 3. The molecule has 23 heavy (non-hydrogen) atoms. The summed E-state index contributed by atoms with van der Waals surface area (Å²) in [5, 5.41) is 7.27. The van der Waals surface area contributed by atoms with Crippen LogP contribution in [0.1, 0.15) is 12.0 Å². The third-order valence-corrected chi connectivity index (χ3v) is 4.35. The number of para-hydroxylation sites is 1. The van der Waals surface area contributed by atoms with Crippen molar-refractivity contribution in [2.24, 2.45) is 0 Å². The molecule has 1 aliphatic rings. The predicted molar refractivity (Wildman–Crippen MR) is 96.3 cm³/mol. The maximum atomic E-state index is 5.37. The summed E-state index contributed by atoms with van der Waals surface area (Å²) in [6, 6.07) is 8.09. The predicted octanol–water partition coefficient (Wildman–Crippen LogP) is 0.00700. The molecule has 1 heterocycles. The lowest BCUT2D eigenvalue weighted by atomic mass is 10.1. The first kappa shape index (κ1) is 18.0. The molecule has 6 heteroatoms. The van der Waals surface area contributed by atoms with Crippen LogP contribution in [0.5, 0.6) is 5.75 Å². The number of ether oxygens (including phenoxy) is 2. The summed E-state index contributed by atoms with van der Waals surface area (Å²) in [6.07, 6.45) is 2.02. The Bertz CT molecular complexity index is 479. The van der Waals surface area contributed by atoms with Crippen LogP contribution < -0.4 is 20.3 Å². The Hall–Kier alpha value is -1.37. The Balaban J connectivity index is 1.54. The number of quaternary nitrogens is 1. The monoisotopic (exact) mass is 338 g/mol. The van der Waals surface area contributed by atoms with Crippen molar-refractivity contribution in [3.63, 3.8) is 0 Å². The van der Waals surface area contributed by atoms with Crippen LogP contribution in [0.15, 0.2) is 24.3 Å². The average molecular weight is 338 g/mol. The number of nitrogens with one attached hydrogen (secondary N) is 3. The molecule has 1 fully saturated rings. The normalized spacial score (nSPS) is 15.2. The number of morpholine rings is 1. The van der Waals surface area contributed by atoms with E-state index in [0.29, 0.717) is 0 Å². The van der Waals surface area contributed by atoms with Crippen LogP contribution in [-0.4, -0.2) is 58.2 Å². The van der Waals surface area contributed by atoms with Gasteiger partial charge < -0.3 is 25.0 Å². The fourth-order valence-corrected chi connectivity index (χ4v) is 2.94. The van der Waals surface area contributed by atoms with E-state index >= 15 is 0 Å². The maximum Gasteiger partial charge on any atom is 0.166 e. The van der Waals surface area contributed by atoms with Gasteiger partial charge in [-0.15, -0.1) is 0 Å². The minimum absolute atomic E-state index is 0.733. The van der Waals surface area contributed by atoms with E-state index in [4.69, 9.17) is 21.7 Å². The summed E-state index contributed by atoms with van der Waals surface area (Å²) >= 11 is 5.32. The molecule has 0 spiro atoms. The van der Waals surface area contributed by atoms with Crippen molar-refractivity contribution in [2.75, 3.05) is 53.0 Å². The fourth-order valence-electron chi connectivity index (χ4n) is 2.73. The molecule has 0 amide bonds.